The Morgan fingerprint density at radius 3 is 1.11 bits per heavy atom. The van der Waals surface area contributed by atoms with Gasteiger partial charge in [-0.1, -0.05) is 60.7 Å². The molecule has 102 valence electrons. The molecule has 0 heterocycles. The first-order valence-corrected chi connectivity index (χ1v) is 15.6. The van der Waals surface area contributed by atoms with Crippen LogP contribution in [0.25, 0.3) is 0 Å². The van der Waals surface area contributed by atoms with Crippen molar-refractivity contribution in [3.05, 3.63) is 71.8 Å². The van der Waals surface area contributed by atoms with Gasteiger partial charge in [0.15, 0.2) is 0 Å². The van der Waals surface area contributed by atoms with E-state index in [9.17, 15) is 0 Å². The van der Waals surface area contributed by atoms with Gasteiger partial charge in [0.25, 0.3) is 0 Å². The Bertz CT molecular complexity index is 359. The van der Waals surface area contributed by atoms with Crippen LogP contribution in [0.1, 0.15) is 11.1 Å². The summed E-state index contributed by atoms with van der Waals surface area (Å²) < 4.78 is 0. The molecule has 0 radical (unpaired) electrons. The van der Waals surface area contributed by atoms with Crippen LogP contribution in [0.15, 0.2) is 60.7 Å². The van der Waals surface area contributed by atoms with Crippen molar-refractivity contribution in [1.82, 2.24) is 0 Å². The Kier molecular flexibility index (Phi) is 15.4. The zero-order valence-electron chi connectivity index (χ0n) is 10.3. The van der Waals surface area contributed by atoms with Crippen molar-refractivity contribution < 1.29 is 21.9 Å². The Morgan fingerprint density at radius 1 is 0.684 bits per heavy atom. The number of benzene rings is 2. The molecule has 0 aliphatic heterocycles. The molecule has 5 heteroatoms. The molecule has 2 nitrogen and oxygen atoms in total. The van der Waals surface area contributed by atoms with Gasteiger partial charge in [0.05, 0.1) is 13.2 Å². The predicted octanol–water partition coefficient (Wildman–Crippen LogP) is 4.13. The summed E-state index contributed by atoms with van der Waals surface area (Å²) in [6.45, 7) is 0.279. The van der Waals surface area contributed by atoms with Crippen LogP contribution in [0.4, 0.5) is 0 Å². The third kappa shape index (κ3) is 12.0. The third-order valence-corrected chi connectivity index (χ3v) is 2.05. The second-order valence-electron chi connectivity index (χ2n) is 3.36. The van der Waals surface area contributed by atoms with Crippen molar-refractivity contribution in [2.75, 3.05) is 0 Å². The average molecular weight is 518 g/mol. The van der Waals surface area contributed by atoms with E-state index in [1.807, 2.05) is 60.7 Å². The van der Waals surface area contributed by atoms with Gasteiger partial charge in [-0.3, -0.25) is 0 Å². The molecule has 2 N–H and O–H groups in total. The molecular weight excluding hydrogens is 502 g/mol. The summed E-state index contributed by atoms with van der Waals surface area (Å²) in [6.07, 6.45) is 0. The quantitative estimate of drug-likeness (QED) is 0.465. The van der Waals surface area contributed by atoms with E-state index in [2.05, 4.69) is 38.4 Å². The van der Waals surface area contributed by atoms with Gasteiger partial charge in [0.2, 0.25) is 0 Å². The Morgan fingerprint density at radius 2 is 0.947 bits per heavy atom. The van der Waals surface area contributed by atoms with Crippen LogP contribution < -0.4 is 0 Å². The fourth-order valence-corrected chi connectivity index (χ4v) is 1.17. The Balaban J connectivity index is 0.000000284. The molecule has 0 amide bonds. The monoisotopic (exact) mass is 518 g/mol. The van der Waals surface area contributed by atoms with Gasteiger partial charge in [-0.15, -0.1) is 0 Å². The number of aliphatic hydroxyl groups is 2. The molecule has 0 fully saturated rings. The van der Waals surface area contributed by atoms with E-state index in [0.717, 1.165) is 11.1 Å². The third-order valence-electron chi connectivity index (χ3n) is 2.05. The summed E-state index contributed by atoms with van der Waals surface area (Å²) in [5.74, 6) is 0. The molecule has 0 spiro atoms. The van der Waals surface area contributed by atoms with Crippen LogP contribution in [0.2, 0.25) is 0 Å². The van der Waals surface area contributed by atoms with Crippen LogP contribution in [-0.4, -0.2) is 10.2 Å². The van der Waals surface area contributed by atoms with E-state index in [1.165, 1.54) is 0 Å². The summed E-state index contributed by atoms with van der Waals surface area (Å²) >= 11 is 5.24. The van der Waals surface area contributed by atoms with Gasteiger partial charge >= 0.3 is 50.0 Å². The topological polar surface area (TPSA) is 40.5 Å². The second-order valence-corrected chi connectivity index (χ2v) is 16.5. The van der Waals surface area contributed by atoms with E-state index in [1.54, 1.807) is 0 Å². The van der Waals surface area contributed by atoms with Crippen molar-refractivity contribution in [2.45, 2.75) is 13.2 Å². The van der Waals surface area contributed by atoms with Crippen molar-refractivity contribution in [2.24, 2.45) is 0 Å². The van der Waals surface area contributed by atoms with E-state index < -0.39 is 0 Å². The second kappa shape index (κ2) is 14.9. The van der Waals surface area contributed by atoms with Gasteiger partial charge < -0.3 is 10.2 Å². The maximum absolute atomic E-state index is 8.54. The number of halogens is 2. The van der Waals surface area contributed by atoms with E-state index >= 15 is 0 Å². The van der Waals surface area contributed by atoms with Crippen LogP contribution in [0, 0.1) is 0 Å². The summed E-state index contributed by atoms with van der Waals surface area (Å²) in [4.78, 5) is 0. The SMILES string of the molecule is OCc1ccccc1.OCc1ccccc1.[I][Ti][I]. The first kappa shape index (κ1) is 19.5. The van der Waals surface area contributed by atoms with Crippen molar-refractivity contribution in [1.29, 1.82) is 0 Å². The van der Waals surface area contributed by atoms with Gasteiger partial charge in [0, 0.05) is 0 Å². The molecule has 0 saturated carbocycles. The molecule has 0 saturated heterocycles. The van der Waals surface area contributed by atoms with Crippen molar-refractivity contribution >= 4 is 38.4 Å². The average Bonchev–Trinajstić information content (AvgIpc) is 2.50. The molecule has 0 bridgehead atoms. The zero-order valence-corrected chi connectivity index (χ0v) is 16.2. The van der Waals surface area contributed by atoms with E-state index in [-0.39, 0.29) is 13.2 Å². The fraction of sp³-hybridized carbons (Fsp3) is 0.143. The molecule has 0 aromatic heterocycles. The minimum atomic E-state index is 0.140. The van der Waals surface area contributed by atoms with Gasteiger partial charge in [0.1, 0.15) is 0 Å². The molecule has 0 aliphatic rings. The standard InChI is InChI=1S/2C7H8O.2HI.Ti/c2*8-6-7-4-2-1-3-5-7;;;/h2*1-5,8H,6H2;2*1H;/q;;;;+2/p-2. The van der Waals surface area contributed by atoms with Crippen LogP contribution in [-0.2, 0) is 24.9 Å². The first-order chi connectivity index (χ1) is 9.28. The van der Waals surface area contributed by atoms with Crippen molar-refractivity contribution in [3.63, 3.8) is 0 Å². The van der Waals surface area contributed by atoms with Gasteiger partial charge in [-0.25, -0.2) is 0 Å². The van der Waals surface area contributed by atoms with Crippen LogP contribution >= 0.6 is 38.4 Å². The summed E-state index contributed by atoms with van der Waals surface area (Å²) in [5.41, 5.74) is 1.93. The predicted molar refractivity (Wildman–Crippen MR) is 92.8 cm³/mol. The molecule has 19 heavy (non-hydrogen) atoms. The first-order valence-electron chi connectivity index (χ1n) is 5.54. The number of hydrogen-bond acceptors (Lipinski definition) is 2. The molecular formula is C14H16I2O2Ti. The number of hydrogen-bond donors (Lipinski definition) is 2. The van der Waals surface area contributed by atoms with Crippen LogP contribution in [0.5, 0.6) is 0 Å². The van der Waals surface area contributed by atoms with E-state index in [0.29, 0.717) is 11.7 Å². The summed E-state index contributed by atoms with van der Waals surface area (Å²) in [7, 11) is 0. The molecule has 0 aliphatic carbocycles. The number of rotatable bonds is 2. The summed E-state index contributed by atoms with van der Waals surface area (Å²) in [6, 6.07) is 19.0. The zero-order chi connectivity index (χ0) is 14.3. The summed E-state index contributed by atoms with van der Waals surface area (Å²) in [5, 5.41) is 17.1. The van der Waals surface area contributed by atoms with Crippen molar-refractivity contribution in [3.8, 4) is 0 Å². The van der Waals surface area contributed by atoms with Crippen LogP contribution in [0.3, 0.4) is 0 Å². The Labute approximate surface area is 143 Å². The molecule has 0 unspecified atom stereocenters. The molecule has 2 aromatic carbocycles. The molecule has 0 atom stereocenters. The molecule has 2 rings (SSSR count). The number of aliphatic hydroxyl groups excluding tert-OH is 2. The van der Waals surface area contributed by atoms with Gasteiger partial charge in [-0.05, 0) is 11.1 Å². The minimum absolute atomic E-state index is 0.140. The molecule has 2 aromatic rings. The maximum atomic E-state index is 8.54. The van der Waals surface area contributed by atoms with Gasteiger partial charge in [-0.2, -0.15) is 0 Å². The normalized spacial score (nSPS) is 8.42. The fourth-order valence-electron chi connectivity index (χ4n) is 1.17. The Hall–Kier alpha value is 0.534. The van der Waals surface area contributed by atoms with E-state index in [4.69, 9.17) is 10.2 Å².